The van der Waals surface area contributed by atoms with E-state index in [1.165, 1.54) is 30.4 Å². The molecule has 3 aromatic rings. The monoisotopic (exact) mass is 359 g/mol. The largest absolute Gasteiger partial charge is 0.502 e. The zero-order chi connectivity index (χ0) is 19.2. The minimum atomic E-state index is -0.661. The summed E-state index contributed by atoms with van der Waals surface area (Å²) in [4.78, 5) is 23.2. The average molecular weight is 359 g/mol. The molecule has 0 spiro atoms. The number of carbonyl (C=O) groups is 1. The molecule has 3 rings (SSSR count). The number of nitro benzene ring substituents is 1. The molecule has 0 saturated carbocycles. The first-order chi connectivity index (χ1) is 13.1. The Morgan fingerprint density at radius 3 is 2.00 bits per heavy atom. The molecule has 0 unspecified atom stereocenters. The number of benzene rings is 3. The lowest BCUT2D eigenvalue weighted by Gasteiger charge is -2.15. The van der Waals surface area contributed by atoms with Crippen molar-refractivity contribution in [3.05, 3.63) is 112 Å². The molecule has 0 saturated heterocycles. The van der Waals surface area contributed by atoms with E-state index in [1.807, 2.05) is 60.7 Å². The Balaban J connectivity index is 1.93. The van der Waals surface area contributed by atoms with Crippen molar-refractivity contribution in [3.63, 3.8) is 0 Å². The van der Waals surface area contributed by atoms with Crippen molar-refractivity contribution in [1.29, 1.82) is 0 Å². The van der Waals surface area contributed by atoms with Crippen LogP contribution >= 0.6 is 0 Å². The van der Waals surface area contributed by atoms with Crippen LogP contribution in [0.25, 0.3) is 6.08 Å². The van der Waals surface area contributed by atoms with Gasteiger partial charge < -0.3 is 5.11 Å². The van der Waals surface area contributed by atoms with Gasteiger partial charge in [0.1, 0.15) is 0 Å². The first-order valence-corrected chi connectivity index (χ1v) is 8.35. The number of phenols is 1. The highest BCUT2D eigenvalue weighted by Crippen LogP contribution is 2.28. The van der Waals surface area contributed by atoms with Gasteiger partial charge in [0.15, 0.2) is 11.5 Å². The van der Waals surface area contributed by atoms with E-state index in [-0.39, 0.29) is 5.78 Å². The summed E-state index contributed by atoms with van der Waals surface area (Å²) in [7, 11) is 0. The van der Waals surface area contributed by atoms with E-state index in [2.05, 4.69) is 0 Å². The Kier molecular flexibility index (Phi) is 5.42. The first-order valence-electron chi connectivity index (χ1n) is 8.35. The Morgan fingerprint density at radius 2 is 1.48 bits per heavy atom. The predicted molar refractivity (Wildman–Crippen MR) is 104 cm³/mol. The third-order valence-corrected chi connectivity index (χ3v) is 4.19. The molecule has 3 aromatic carbocycles. The number of rotatable bonds is 6. The molecule has 0 amide bonds. The first kappa shape index (κ1) is 18.1. The van der Waals surface area contributed by atoms with Crippen LogP contribution < -0.4 is 0 Å². The Labute approximate surface area is 156 Å². The van der Waals surface area contributed by atoms with Crippen LogP contribution in [-0.4, -0.2) is 15.8 Å². The number of ketones is 1. The zero-order valence-corrected chi connectivity index (χ0v) is 14.4. The highest BCUT2D eigenvalue weighted by molar-refractivity contribution is 6.00. The number of nitro groups is 1. The molecule has 5 nitrogen and oxygen atoms in total. The predicted octanol–water partition coefficient (Wildman–Crippen LogP) is 4.71. The summed E-state index contributed by atoms with van der Waals surface area (Å²) in [5.74, 6) is -1.01. The molecule has 27 heavy (non-hydrogen) atoms. The van der Waals surface area contributed by atoms with Gasteiger partial charge in [0.2, 0.25) is 0 Å². The van der Waals surface area contributed by atoms with Gasteiger partial charge in [-0.3, -0.25) is 14.9 Å². The van der Waals surface area contributed by atoms with Gasteiger partial charge in [-0.1, -0.05) is 72.8 Å². The van der Waals surface area contributed by atoms with Crippen molar-refractivity contribution in [1.82, 2.24) is 0 Å². The normalized spacial score (nSPS) is 11.0. The SMILES string of the molecule is O=C(/C=C/c1ccc(O)c([N+](=O)[O-])c1)C(c1ccccc1)c1ccccc1. The van der Waals surface area contributed by atoms with Crippen molar-refractivity contribution < 1.29 is 14.8 Å². The van der Waals surface area contributed by atoms with Gasteiger partial charge in [0, 0.05) is 6.07 Å². The van der Waals surface area contributed by atoms with Crippen molar-refractivity contribution in [2.24, 2.45) is 0 Å². The summed E-state index contributed by atoms with van der Waals surface area (Å²) in [6.45, 7) is 0. The van der Waals surface area contributed by atoms with E-state index in [9.17, 15) is 20.0 Å². The fourth-order valence-electron chi connectivity index (χ4n) is 2.88. The number of allylic oxidation sites excluding steroid dienone is 1. The van der Waals surface area contributed by atoms with E-state index in [0.29, 0.717) is 5.56 Å². The van der Waals surface area contributed by atoms with Crippen molar-refractivity contribution >= 4 is 17.5 Å². The molecule has 0 fully saturated rings. The van der Waals surface area contributed by atoms with Gasteiger partial charge in [-0.2, -0.15) is 0 Å². The van der Waals surface area contributed by atoms with E-state index >= 15 is 0 Å². The smallest absolute Gasteiger partial charge is 0.311 e. The Morgan fingerprint density at radius 1 is 0.926 bits per heavy atom. The molecule has 0 bridgehead atoms. The maximum atomic E-state index is 12.9. The second-order valence-corrected chi connectivity index (χ2v) is 6.00. The number of phenolic OH excluding ortho intramolecular Hbond substituents is 1. The van der Waals surface area contributed by atoms with Crippen LogP contribution in [0.2, 0.25) is 0 Å². The summed E-state index contributed by atoms with van der Waals surface area (Å²) >= 11 is 0. The maximum absolute atomic E-state index is 12.9. The average Bonchev–Trinajstić information content (AvgIpc) is 2.69. The molecular weight excluding hydrogens is 342 g/mol. The fraction of sp³-hybridized carbons (Fsp3) is 0.0455. The fourth-order valence-corrected chi connectivity index (χ4v) is 2.88. The van der Waals surface area contributed by atoms with Gasteiger partial charge in [-0.25, -0.2) is 0 Å². The topological polar surface area (TPSA) is 80.4 Å². The number of aromatic hydroxyl groups is 1. The number of hydrogen-bond acceptors (Lipinski definition) is 4. The molecule has 0 atom stereocenters. The Bertz CT molecular complexity index is 942. The number of carbonyl (C=O) groups excluding carboxylic acids is 1. The summed E-state index contributed by atoms with van der Waals surface area (Å²) in [5, 5.41) is 20.5. The maximum Gasteiger partial charge on any atom is 0.311 e. The van der Waals surface area contributed by atoms with Crippen LogP contribution in [0.5, 0.6) is 5.75 Å². The van der Waals surface area contributed by atoms with Gasteiger partial charge in [-0.05, 0) is 28.8 Å². The van der Waals surface area contributed by atoms with Crippen LogP contribution in [-0.2, 0) is 4.79 Å². The van der Waals surface area contributed by atoms with Crippen molar-refractivity contribution in [2.75, 3.05) is 0 Å². The van der Waals surface area contributed by atoms with Gasteiger partial charge in [0.05, 0.1) is 10.8 Å². The quantitative estimate of drug-likeness (QED) is 0.392. The van der Waals surface area contributed by atoms with Crippen LogP contribution in [0, 0.1) is 10.1 Å². The van der Waals surface area contributed by atoms with E-state index in [1.54, 1.807) is 0 Å². The van der Waals surface area contributed by atoms with E-state index in [4.69, 9.17) is 0 Å². The highest BCUT2D eigenvalue weighted by Gasteiger charge is 2.20. The lowest BCUT2D eigenvalue weighted by molar-refractivity contribution is -0.385. The van der Waals surface area contributed by atoms with Gasteiger partial charge >= 0.3 is 5.69 Å². The van der Waals surface area contributed by atoms with Crippen LogP contribution in [0.15, 0.2) is 84.9 Å². The lowest BCUT2D eigenvalue weighted by atomic mass is 9.87. The zero-order valence-electron chi connectivity index (χ0n) is 14.4. The Hall–Kier alpha value is -3.73. The van der Waals surface area contributed by atoms with Crippen LogP contribution in [0.3, 0.4) is 0 Å². The minimum Gasteiger partial charge on any atom is -0.502 e. The third kappa shape index (κ3) is 4.27. The van der Waals surface area contributed by atoms with Gasteiger partial charge in [-0.15, -0.1) is 0 Å². The molecule has 0 aliphatic rings. The second kappa shape index (κ2) is 8.10. The number of hydrogen-bond donors (Lipinski definition) is 1. The van der Waals surface area contributed by atoms with Gasteiger partial charge in [0.25, 0.3) is 0 Å². The minimum absolute atomic E-state index is 0.136. The summed E-state index contributed by atoms with van der Waals surface area (Å²) in [6.07, 6.45) is 2.94. The molecule has 0 aliphatic heterocycles. The van der Waals surface area contributed by atoms with Crippen LogP contribution in [0.1, 0.15) is 22.6 Å². The molecule has 1 N–H and O–H groups in total. The molecule has 134 valence electrons. The summed E-state index contributed by atoms with van der Waals surface area (Å²) < 4.78 is 0. The van der Waals surface area contributed by atoms with E-state index < -0.39 is 22.3 Å². The molecule has 0 aromatic heterocycles. The molecule has 0 aliphatic carbocycles. The number of nitrogens with zero attached hydrogens (tertiary/aromatic N) is 1. The highest BCUT2D eigenvalue weighted by atomic mass is 16.6. The second-order valence-electron chi connectivity index (χ2n) is 6.00. The van der Waals surface area contributed by atoms with E-state index in [0.717, 1.165) is 11.1 Å². The van der Waals surface area contributed by atoms with Crippen molar-refractivity contribution in [2.45, 2.75) is 5.92 Å². The summed E-state index contributed by atoms with van der Waals surface area (Å²) in [5.41, 5.74) is 1.81. The standard InChI is InChI=1S/C22H17NO4/c24-20-13-11-16(15-19(20)23(26)27)12-14-21(25)22(17-7-3-1-4-8-17)18-9-5-2-6-10-18/h1-15,22,24H/b14-12+. The summed E-state index contributed by atoms with van der Waals surface area (Å²) in [6, 6.07) is 22.9. The lowest BCUT2D eigenvalue weighted by Crippen LogP contribution is -2.11. The molecule has 0 radical (unpaired) electrons. The molecule has 5 heteroatoms. The van der Waals surface area contributed by atoms with Crippen LogP contribution in [0.4, 0.5) is 5.69 Å². The molecule has 0 heterocycles. The van der Waals surface area contributed by atoms with Crippen molar-refractivity contribution in [3.8, 4) is 5.75 Å². The molecular formula is C22H17NO4. The third-order valence-electron chi connectivity index (χ3n) is 4.19.